The number of halogens is 1. The third-order valence-corrected chi connectivity index (χ3v) is 6.27. The highest BCUT2D eigenvalue weighted by molar-refractivity contribution is 7.92. The van der Waals surface area contributed by atoms with Crippen molar-refractivity contribution in [2.75, 3.05) is 4.72 Å². The van der Waals surface area contributed by atoms with Crippen LogP contribution in [0.4, 0.5) is 10.1 Å². The van der Waals surface area contributed by atoms with Gasteiger partial charge in [0.25, 0.3) is 15.9 Å². The van der Waals surface area contributed by atoms with E-state index in [1.807, 2.05) is 42.5 Å². The minimum absolute atomic E-state index is 0.0893. The number of nitrogens with one attached hydrogen (secondary N) is 2. The van der Waals surface area contributed by atoms with Gasteiger partial charge in [-0.05, 0) is 60.2 Å². The summed E-state index contributed by atoms with van der Waals surface area (Å²) in [5, 5.41) is 2.94. The van der Waals surface area contributed by atoms with E-state index in [0.29, 0.717) is 5.69 Å². The SMILES string of the molecule is O=C(NC(c1ccccc1)c1ccccn1)c1cccc(S(=O)(=O)Nc2ccc(F)cc2)c1. The van der Waals surface area contributed by atoms with Gasteiger partial charge in [-0.15, -0.1) is 0 Å². The van der Waals surface area contributed by atoms with Crippen LogP contribution in [0, 0.1) is 5.82 Å². The van der Waals surface area contributed by atoms with Crippen LogP contribution in [0.2, 0.25) is 0 Å². The van der Waals surface area contributed by atoms with Crippen molar-refractivity contribution in [1.82, 2.24) is 10.3 Å². The topological polar surface area (TPSA) is 88.2 Å². The molecule has 3 aromatic carbocycles. The van der Waals surface area contributed by atoms with Crippen molar-refractivity contribution in [3.05, 3.63) is 126 Å². The van der Waals surface area contributed by atoms with E-state index in [4.69, 9.17) is 0 Å². The lowest BCUT2D eigenvalue weighted by Gasteiger charge is -2.19. The van der Waals surface area contributed by atoms with Crippen molar-refractivity contribution in [3.8, 4) is 0 Å². The molecule has 1 amide bonds. The first-order chi connectivity index (χ1) is 15.9. The number of hydrogen-bond donors (Lipinski definition) is 2. The molecule has 1 aromatic heterocycles. The van der Waals surface area contributed by atoms with Crippen LogP contribution in [-0.2, 0) is 10.0 Å². The number of rotatable bonds is 7. The van der Waals surface area contributed by atoms with Crippen LogP contribution in [0.1, 0.15) is 27.7 Å². The molecular weight excluding hydrogens is 441 g/mol. The van der Waals surface area contributed by atoms with Gasteiger partial charge in [0.15, 0.2) is 0 Å². The van der Waals surface area contributed by atoms with Crippen molar-refractivity contribution >= 4 is 21.6 Å². The lowest BCUT2D eigenvalue weighted by molar-refractivity contribution is 0.0942. The largest absolute Gasteiger partial charge is 0.340 e. The van der Waals surface area contributed by atoms with Gasteiger partial charge in [0.2, 0.25) is 0 Å². The van der Waals surface area contributed by atoms with E-state index in [0.717, 1.165) is 17.7 Å². The fourth-order valence-electron chi connectivity index (χ4n) is 3.27. The van der Waals surface area contributed by atoms with Crippen molar-refractivity contribution in [3.63, 3.8) is 0 Å². The van der Waals surface area contributed by atoms with Gasteiger partial charge in [0, 0.05) is 17.4 Å². The average Bonchev–Trinajstić information content (AvgIpc) is 2.85. The van der Waals surface area contributed by atoms with E-state index < -0.39 is 27.8 Å². The minimum Gasteiger partial charge on any atom is -0.340 e. The highest BCUT2D eigenvalue weighted by Crippen LogP contribution is 2.22. The van der Waals surface area contributed by atoms with Gasteiger partial charge in [-0.25, -0.2) is 12.8 Å². The highest BCUT2D eigenvalue weighted by Gasteiger charge is 2.21. The third kappa shape index (κ3) is 5.42. The number of aromatic nitrogens is 1. The Labute approximate surface area is 191 Å². The van der Waals surface area contributed by atoms with E-state index in [2.05, 4.69) is 15.0 Å². The molecule has 166 valence electrons. The molecule has 4 rings (SSSR count). The third-order valence-electron chi connectivity index (χ3n) is 4.89. The van der Waals surface area contributed by atoms with E-state index >= 15 is 0 Å². The molecule has 2 N–H and O–H groups in total. The molecule has 4 aromatic rings. The van der Waals surface area contributed by atoms with Gasteiger partial charge in [0.1, 0.15) is 5.82 Å². The van der Waals surface area contributed by atoms with Crippen LogP contribution in [0.5, 0.6) is 0 Å². The molecule has 0 fully saturated rings. The number of pyridine rings is 1. The molecule has 1 atom stereocenters. The molecule has 0 bridgehead atoms. The molecule has 0 saturated heterocycles. The average molecular weight is 462 g/mol. The van der Waals surface area contributed by atoms with Crippen molar-refractivity contribution in [2.45, 2.75) is 10.9 Å². The lowest BCUT2D eigenvalue weighted by Crippen LogP contribution is -2.30. The zero-order valence-electron chi connectivity index (χ0n) is 17.4. The molecule has 0 aliphatic heterocycles. The normalized spacial score (nSPS) is 12.0. The molecule has 33 heavy (non-hydrogen) atoms. The first kappa shape index (κ1) is 22.2. The summed E-state index contributed by atoms with van der Waals surface area (Å²) in [6.07, 6.45) is 1.64. The first-order valence-electron chi connectivity index (χ1n) is 10.1. The second-order valence-corrected chi connectivity index (χ2v) is 8.89. The summed E-state index contributed by atoms with van der Waals surface area (Å²) in [4.78, 5) is 17.4. The van der Waals surface area contributed by atoms with Crippen molar-refractivity contribution in [1.29, 1.82) is 0 Å². The predicted octanol–water partition coefficient (Wildman–Crippen LogP) is 4.54. The smallest absolute Gasteiger partial charge is 0.261 e. The van der Waals surface area contributed by atoms with Gasteiger partial charge in [-0.2, -0.15) is 0 Å². The van der Waals surface area contributed by atoms with Crippen LogP contribution in [0.25, 0.3) is 0 Å². The summed E-state index contributed by atoms with van der Waals surface area (Å²) >= 11 is 0. The Morgan fingerprint density at radius 2 is 1.58 bits per heavy atom. The number of nitrogens with zero attached hydrogens (tertiary/aromatic N) is 1. The monoisotopic (exact) mass is 461 g/mol. The number of sulfonamides is 1. The van der Waals surface area contributed by atoms with Gasteiger partial charge < -0.3 is 5.32 Å². The number of hydrogen-bond acceptors (Lipinski definition) is 4. The maximum atomic E-state index is 13.1. The van der Waals surface area contributed by atoms with Crippen LogP contribution in [0.15, 0.2) is 108 Å². The van der Waals surface area contributed by atoms with Gasteiger partial charge in [0.05, 0.1) is 16.6 Å². The molecular formula is C25H20FN3O3S. The number of carbonyl (C=O) groups excluding carboxylic acids is 1. The molecule has 0 spiro atoms. The second-order valence-electron chi connectivity index (χ2n) is 7.21. The molecule has 1 heterocycles. The van der Waals surface area contributed by atoms with Gasteiger partial charge >= 0.3 is 0 Å². The number of anilines is 1. The molecule has 0 saturated carbocycles. The summed E-state index contributed by atoms with van der Waals surface area (Å²) in [7, 11) is -3.98. The molecule has 1 unspecified atom stereocenters. The van der Waals surface area contributed by atoms with E-state index in [-0.39, 0.29) is 16.1 Å². The summed E-state index contributed by atoms with van der Waals surface area (Å²) in [5.74, 6) is -0.925. The zero-order chi connectivity index (χ0) is 23.3. The standard InChI is InChI=1S/C25H20FN3O3S/c26-20-12-14-21(15-13-20)29-33(31,32)22-10-6-9-19(17-22)25(30)28-24(18-7-2-1-3-8-18)23-11-4-5-16-27-23/h1-17,24,29H,(H,28,30). The van der Waals surface area contributed by atoms with Gasteiger partial charge in [-0.3, -0.25) is 14.5 Å². The Balaban J connectivity index is 1.59. The van der Waals surface area contributed by atoms with Crippen LogP contribution in [-0.4, -0.2) is 19.3 Å². The summed E-state index contributed by atoms with van der Waals surface area (Å²) < 4.78 is 41.1. The van der Waals surface area contributed by atoms with Gasteiger partial charge in [-0.1, -0.05) is 42.5 Å². The van der Waals surface area contributed by atoms with Crippen LogP contribution in [0.3, 0.4) is 0 Å². The summed E-state index contributed by atoms with van der Waals surface area (Å²) in [6.45, 7) is 0. The molecule has 0 aliphatic rings. The highest BCUT2D eigenvalue weighted by atomic mass is 32.2. The predicted molar refractivity (Wildman–Crippen MR) is 124 cm³/mol. The molecule has 6 nitrogen and oxygen atoms in total. The molecule has 0 aliphatic carbocycles. The Morgan fingerprint density at radius 1 is 0.848 bits per heavy atom. The Bertz CT molecular complexity index is 1310. The van der Waals surface area contributed by atoms with E-state index in [9.17, 15) is 17.6 Å². The zero-order valence-corrected chi connectivity index (χ0v) is 18.2. The van der Waals surface area contributed by atoms with Crippen molar-refractivity contribution < 1.29 is 17.6 Å². The first-order valence-corrected chi connectivity index (χ1v) is 11.6. The van der Waals surface area contributed by atoms with Crippen LogP contribution < -0.4 is 10.0 Å². The Hall–Kier alpha value is -4.04. The van der Waals surface area contributed by atoms with Crippen LogP contribution >= 0.6 is 0 Å². The fourth-order valence-corrected chi connectivity index (χ4v) is 4.38. The molecule has 8 heteroatoms. The summed E-state index contributed by atoms with van der Waals surface area (Å²) in [6, 6.07) is 24.9. The number of carbonyl (C=O) groups is 1. The number of benzene rings is 3. The minimum atomic E-state index is -3.98. The lowest BCUT2D eigenvalue weighted by atomic mass is 10.0. The Kier molecular flexibility index (Phi) is 6.46. The maximum Gasteiger partial charge on any atom is 0.261 e. The van der Waals surface area contributed by atoms with E-state index in [1.165, 1.54) is 36.4 Å². The second kappa shape index (κ2) is 9.62. The van der Waals surface area contributed by atoms with Crippen molar-refractivity contribution in [2.24, 2.45) is 0 Å². The maximum absolute atomic E-state index is 13.1. The molecule has 0 radical (unpaired) electrons. The number of amides is 1. The van der Waals surface area contributed by atoms with E-state index in [1.54, 1.807) is 12.3 Å². The fraction of sp³-hybridized carbons (Fsp3) is 0.0400. The quantitative estimate of drug-likeness (QED) is 0.423. The summed E-state index contributed by atoms with van der Waals surface area (Å²) in [5.41, 5.74) is 1.88. The Morgan fingerprint density at radius 3 is 2.27 bits per heavy atom.